The van der Waals surface area contributed by atoms with Crippen molar-refractivity contribution in [2.24, 2.45) is 0 Å². The number of aryl methyl sites for hydroxylation is 2. The summed E-state index contributed by atoms with van der Waals surface area (Å²) < 4.78 is 0. The van der Waals surface area contributed by atoms with Gasteiger partial charge < -0.3 is 30.6 Å². The molecule has 6 nitrogen and oxygen atoms in total. The summed E-state index contributed by atoms with van der Waals surface area (Å²) in [5, 5.41) is 59.8. The van der Waals surface area contributed by atoms with Crippen molar-refractivity contribution in [1.82, 2.24) is 0 Å². The first kappa shape index (κ1) is 25.0. The molecule has 2 rings (SSSR count). The lowest BCUT2D eigenvalue weighted by molar-refractivity contribution is -0.134. The lowest BCUT2D eigenvalue weighted by Gasteiger charge is -2.29. The van der Waals surface area contributed by atoms with Crippen LogP contribution in [0, 0.1) is 13.8 Å². The van der Waals surface area contributed by atoms with Gasteiger partial charge in [-0.1, -0.05) is 48.5 Å². The van der Waals surface area contributed by atoms with Crippen LogP contribution in [0.2, 0.25) is 0 Å². The molecule has 0 heterocycles. The van der Waals surface area contributed by atoms with E-state index >= 15 is 0 Å². The summed E-state index contributed by atoms with van der Waals surface area (Å²) in [7, 11) is 0. The smallest absolute Gasteiger partial charge is 0.113 e. The predicted molar refractivity (Wildman–Crippen MR) is 118 cm³/mol. The molecular formula is C25H32O6. The third-order valence-corrected chi connectivity index (χ3v) is 5.47. The average Bonchev–Trinajstić information content (AvgIpc) is 2.78. The zero-order valence-corrected chi connectivity index (χ0v) is 17.9. The van der Waals surface area contributed by atoms with Crippen LogP contribution in [0.15, 0.2) is 65.9 Å². The van der Waals surface area contributed by atoms with Crippen LogP contribution < -0.4 is 0 Å². The highest BCUT2D eigenvalue weighted by Crippen LogP contribution is 2.20. The molecule has 2 aromatic carbocycles. The Hall–Kier alpha value is -2.28. The largest absolute Gasteiger partial charge is 0.394 e. The van der Waals surface area contributed by atoms with Gasteiger partial charge in [-0.15, -0.1) is 5.73 Å². The predicted octanol–water partition coefficient (Wildman–Crippen LogP) is 0.967. The third-order valence-electron chi connectivity index (χ3n) is 5.47. The van der Waals surface area contributed by atoms with Crippen molar-refractivity contribution >= 4 is 0 Å². The van der Waals surface area contributed by atoms with Gasteiger partial charge in [0.2, 0.25) is 0 Å². The molecule has 0 bridgehead atoms. The lowest BCUT2D eigenvalue weighted by Crippen LogP contribution is -2.50. The zero-order chi connectivity index (χ0) is 23.0. The molecule has 0 amide bonds. The molecular weight excluding hydrogens is 396 g/mol. The summed E-state index contributed by atoms with van der Waals surface area (Å²) in [5.41, 5.74) is 7.54. The highest BCUT2D eigenvalue weighted by atomic mass is 16.4. The van der Waals surface area contributed by atoms with Crippen molar-refractivity contribution in [3.8, 4) is 0 Å². The minimum absolute atomic E-state index is 0.278. The number of aliphatic hydroxyl groups is 6. The topological polar surface area (TPSA) is 121 Å². The second-order valence-corrected chi connectivity index (χ2v) is 7.77. The number of rotatable bonds is 10. The standard InChI is InChI=1S/C25H32O6/c1-16-8-3-5-10-18(16)12-7-13-20(14-19-11-6-4-9-17(19)2)22(28)24(30)25(31)23(29)21(27)15-26/h3-11,21-31H,12,14-15H2,1-2H3/t13?,21-,22?,23+,24+,25-/m0/s1. The number of hydrogen-bond acceptors (Lipinski definition) is 6. The quantitative estimate of drug-likeness (QED) is 0.314. The second kappa shape index (κ2) is 11.9. The molecule has 168 valence electrons. The van der Waals surface area contributed by atoms with Crippen LogP contribution in [-0.2, 0) is 12.8 Å². The van der Waals surface area contributed by atoms with Crippen molar-refractivity contribution in [1.29, 1.82) is 0 Å². The Labute approximate surface area is 183 Å². The molecule has 6 N–H and O–H groups in total. The van der Waals surface area contributed by atoms with E-state index in [1.807, 2.05) is 62.4 Å². The first-order valence-corrected chi connectivity index (χ1v) is 10.3. The Morgan fingerprint density at radius 1 is 0.806 bits per heavy atom. The van der Waals surface area contributed by atoms with Crippen molar-refractivity contribution < 1.29 is 30.6 Å². The average molecular weight is 429 g/mol. The fraction of sp³-hybridized carbons (Fsp3) is 0.400. The molecule has 0 aliphatic heterocycles. The molecule has 5 atom stereocenters. The van der Waals surface area contributed by atoms with Gasteiger partial charge in [-0.3, -0.25) is 0 Å². The molecule has 0 spiro atoms. The van der Waals surface area contributed by atoms with E-state index in [0.29, 0.717) is 12.0 Å². The van der Waals surface area contributed by atoms with Crippen molar-refractivity contribution in [2.45, 2.75) is 57.2 Å². The van der Waals surface area contributed by atoms with Crippen LogP contribution in [0.5, 0.6) is 0 Å². The van der Waals surface area contributed by atoms with Crippen LogP contribution in [0.1, 0.15) is 22.3 Å². The van der Waals surface area contributed by atoms with Gasteiger partial charge in [0.1, 0.15) is 30.5 Å². The molecule has 0 aliphatic rings. The van der Waals surface area contributed by atoms with E-state index in [1.165, 1.54) is 0 Å². The lowest BCUT2D eigenvalue weighted by atomic mass is 9.91. The van der Waals surface area contributed by atoms with Crippen LogP contribution in [0.25, 0.3) is 0 Å². The summed E-state index contributed by atoms with van der Waals surface area (Å²) in [6.45, 7) is 3.15. The van der Waals surface area contributed by atoms with Crippen molar-refractivity contribution in [3.05, 3.63) is 88.2 Å². The van der Waals surface area contributed by atoms with Gasteiger partial charge in [0, 0.05) is 12.0 Å². The Kier molecular flexibility index (Phi) is 9.62. The van der Waals surface area contributed by atoms with Gasteiger partial charge in [-0.25, -0.2) is 0 Å². The van der Waals surface area contributed by atoms with E-state index in [4.69, 9.17) is 5.11 Å². The van der Waals surface area contributed by atoms with Gasteiger partial charge in [0.05, 0.1) is 6.61 Å². The SMILES string of the molecule is Cc1ccccc1CC=C=C(Cc1ccccc1C)C(O)[C@@H](O)[C@@H](O)[C@H](O)[C@@H](O)CO. The molecule has 0 aliphatic carbocycles. The van der Waals surface area contributed by atoms with Gasteiger partial charge in [-0.2, -0.15) is 0 Å². The summed E-state index contributed by atoms with van der Waals surface area (Å²) in [5.74, 6) is 0. The summed E-state index contributed by atoms with van der Waals surface area (Å²) in [4.78, 5) is 0. The number of aliphatic hydroxyl groups excluding tert-OH is 6. The van der Waals surface area contributed by atoms with Crippen molar-refractivity contribution in [3.63, 3.8) is 0 Å². The minimum Gasteiger partial charge on any atom is -0.394 e. The van der Waals surface area contributed by atoms with E-state index in [9.17, 15) is 25.5 Å². The van der Waals surface area contributed by atoms with E-state index in [-0.39, 0.29) is 6.42 Å². The summed E-state index contributed by atoms with van der Waals surface area (Å²) in [6, 6.07) is 15.5. The van der Waals surface area contributed by atoms with Crippen LogP contribution in [0.4, 0.5) is 0 Å². The fourth-order valence-electron chi connectivity index (χ4n) is 3.32. The molecule has 0 saturated heterocycles. The number of benzene rings is 2. The maximum absolute atomic E-state index is 10.8. The third kappa shape index (κ3) is 6.86. The molecule has 0 radical (unpaired) electrons. The van der Waals surface area contributed by atoms with E-state index < -0.39 is 37.1 Å². The Morgan fingerprint density at radius 2 is 1.35 bits per heavy atom. The van der Waals surface area contributed by atoms with E-state index in [1.54, 1.807) is 6.08 Å². The van der Waals surface area contributed by atoms with Crippen LogP contribution >= 0.6 is 0 Å². The number of hydrogen-bond donors (Lipinski definition) is 6. The maximum atomic E-state index is 10.8. The molecule has 2 aromatic rings. The van der Waals surface area contributed by atoms with Crippen LogP contribution in [-0.4, -0.2) is 67.8 Å². The van der Waals surface area contributed by atoms with Crippen molar-refractivity contribution in [2.75, 3.05) is 6.61 Å². The van der Waals surface area contributed by atoms with Gasteiger partial charge >= 0.3 is 0 Å². The second-order valence-electron chi connectivity index (χ2n) is 7.77. The van der Waals surface area contributed by atoms with E-state index in [0.717, 1.165) is 22.3 Å². The highest BCUT2D eigenvalue weighted by molar-refractivity contribution is 5.32. The Bertz CT molecular complexity index is 902. The highest BCUT2D eigenvalue weighted by Gasteiger charge is 2.35. The molecule has 31 heavy (non-hydrogen) atoms. The maximum Gasteiger partial charge on any atom is 0.113 e. The minimum atomic E-state index is -1.86. The van der Waals surface area contributed by atoms with Gasteiger partial charge in [-0.05, 0) is 48.6 Å². The molecule has 0 fully saturated rings. The normalized spacial score (nSPS) is 16.0. The zero-order valence-electron chi connectivity index (χ0n) is 17.9. The molecule has 0 aromatic heterocycles. The molecule has 0 saturated carbocycles. The van der Waals surface area contributed by atoms with Gasteiger partial charge in [0.25, 0.3) is 0 Å². The molecule has 1 unspecified atom stereocenters. The van der Waals surface area contributed by atoms with Gasteiger partial charge in [0.15, 0.2) is 0 Å². The first-order chi connectivity index (χ1) is 14.8. The first-order valence-electron chi connectivity index (χ1n) is 10.3. The Morgan fingerprint density at radius 3 is 1.90 bits per heavy atom. The summed E-state index contributed by atoms with van der Waals surface area (Å²) in [6.07, 6.45) is -6.03. The fourth-order valence-corrected chi connectivity index (χ4v) is 3.32. The van der Waals surface area contributed by atoms with E-state index in [2.05, 4.69) is 5.73 Å². The summed E-state index contributed by atoms with van der Waals surface area (Å²) >= 11 is 0. The molecule has 6 heteroatoms. The Balaban J connectivity index is 2.33. The monoisotopic (exact) mass is 428 g/mol. The van der Waals surface area contributed by atoms with Crippen LogP contribution in [0.3, 0.4) is 0 Å².